The Labute approximate surface area is 127 Å². The number of rotatable bonds is 6. The van der Waals surface area contributed by atoms with Gasteiger partial charge in [0.15, 0.2) is 0 Å². The maximum atomic E-state index is 11.9. The van der Waals surface area contributed by atoms with Crippen LogP contribution in [0.4, 0.5) is 0 Å². The van der Waals surface area contributed by atoms with Gasteiger partial charge in [0.05, 0.1) is 7.11 Å². The molecule has 0 radical (unpaired) electrons. The molecule has 1 aromatic rings. The summed E-state index contributed by atoms with van der Waals surface area (Å²) in [5.41, 5.74) is 0.751. The maximum absolute atomic E-state index is 11.9. The third-order valence-corrected chi connectivity index (χ3v) is 3.17. The lowest BCUT2D eigenvalue weighted by Gasteiger charge is -2.07. The molecule has 1 amide bonds. The van der Waals surface area contributed by atoms with Gasteiger partial charge in [0.1, 0.15) is 17.4 Å². The molecule has 0 saturated carbocycles. The Morgan fingerprint density at radius 3 is 2.90 bits per heavy atom. The third kappa shape index (κ3) is 4.71. The van der Waals surface area contributed by atoms with Gasteiger partial charge < -0.3 is 10.1 Å². The van der Waals surface area contributed by atoms with Gasteiger partial charge in [0.25, 0.3) is 5.91 Å². The van der Waals surface area contributed by atoms with Crippen molar-refractivity contribution in [2.45, 2.75) is 19.8 Å². The number of ether oxygens (including phenoxy) is 1. The van der Waals surface area contributed by atoms with Gasteiger partial charge in [-0.15, -0.1) is 0 Å². The van der Waals surface area contributed by atoms with E-state index in [1.165, 1.54) is 6.08 Å². The lowest BCUT2D eigenvalue weighted by Crippen LogP contribution is -2.25. The van der Waals surface area contributed by atoms with Crippen molar-refractivity contribution in [3.05, 3.63) is 33.8 Å². The monoisotopic (exact) mass is 336 g/mol. The van der Waals surface area contributed by atoms with E-state index >= 15 is 0 Å². The first kappa shape index (κ1) is 16.3. The number of amides is 1. The van der Waals surface area contributed by atoms with E-state index < -0.39 is 0 Å². The number of nitrogens with one attached hydrogen (secondary N) is 1. The zero-order valence-corrected chi connectivity index (χ0v) is 13.2. The number of methoxy groups -OCH3 is 1. The SMILES string of the molecule is CCCCNC(=O)/C(C#N)=C/c1cc(Br)ccc1OC. The predicted molar refractivity (Wildman–Crippen MR) is 82.2 cm³/mol. The smallest absolute Gasteiger partial charge is 0.261 e. The van der Waals surface area contributed by atoms with Crippen LogP contribution in [0.5, 0.6) is 5.75 Å². The molecular formula is C15H17BrN2O2. The van der Waals surface area contributed by atoms with Crippen molar-refractivity contribution in [2.75, 3.05) is 13.7 Å². The number of carbonyl (C=O) groups excluding carboxylic acids is 1. The van der Waals surface area contributed by atoms with E-state index in [4.69, 9.17) is 10.00 Å². The highest BCUT2D eigenvalue weighted by atomic mass is 79.9. The molecule has 0 bridgehead atoms. The van der Waals surface area contributed by atoms with Crippen LogP contribution in [0.15, 0.2) is 28.2 Å². The van der Waals surface area contributed by atoms with Crippen molar-refractivity contribution in [3.63, 3.8) is 0 Å². The topological polar surface area (TPSA) is 62.1 Å². The summed E-state index contributed by atoms with van der Waals surface area (Å²) in [6, 6.07) is 7.34. The minimum Gasteiger partial charge on any atom is -0.496 e. The molecule has 0 aliphatic carbocycles. The molecule has 0 aromatic heterocycles. The first-order valence-corrected chi connectivity index (χ1v) is 7.15. The van der Waals surface area contributed by atoms with E-state index in [-0.39, 0.29) is 11.5 Å². The van der Waals surface area contributed by atoms with Crippen LogP contribution in [-0.2, 0) is 4.79 Å². The number of nitriles is 1. The molecule has 1 rings (SSSR count). The lowest BCUT2D eigenvalue weighted by atomic mass is 10.1. The zero-order chi connectivity index (χ0) is 15.0. The minimum absolute atomic E-state index is 0.0671. The van der Waals surface area contributed by atoms with Crippen LogP contribution in [0, 0.1) is 11.3 Å². The van der Waals surface area contributed by atoms with Crippen LogP contribution in [0.2, 0.25) is 0 Å². The quantitative estimate of drug-likeness (QED) is 0.492. The second kappa shape index (κ2) is 8.39. The molecule has 0 unspecified atom stereocenters. The van der Waals surface area contributed by atoms with Gasteiger partial charge >= 0.3 is 0 Å². The summed E-state index contributed by atoms with van der Waals surface area (Å²) >= 11 is 3.36. The molecule has 1 aromatic carbocycles. The van der Waals surface area contributed by atoms with Crippen LogP contribution < -0.4 is 10.1 Å². The Kier molecular flexibility index (Phi) is 6.82. The highest BCUT2D eigenvalue weighted by Gasteiger charge is 2.10. The number of carbonyl (C=O) groups is 1. The summed E-state index contributed by atoms with van der Waals surface area (Å²) in [5.74, 6) is 0.255. The molecule has 0 heterocycles. The Balaban J connectivity index is 2.97. The minimum atomic E-state index is -0.358. The number of hydrogen-bond donors (Lipinski definition) is 1. The summed E-state index contributed by atoms with van der Waals surface area (Å²) in [5, 5.41) is 11.8. The fourth-order valence-electron chi connectivity index (χ4n) is 1.60. The van der Waals surface area contributed by atoms with Crippen LogP contribution in [-0.4, -0.2) is 19.6 Å². The van der Waals surface area contributed by atoms with Crippen molar-refractivity contribution in [3.8, 4) is 11.8 Å². The van der Waals surface area contributed by atoms with Crippen molar-refractivity contribution in [1.82, 2.24) is 5.32 Å². The molecule has 0 spiro atoms. The van der Waals surface area contributed by atoms with Gasteiger partial charge in [0, 0.05) is 16.6 Å². The molecule has 0 saturated heterocycles. The average Bonchev–Trinajstić information content (AvgIpc) is 2.45. The zero-order valence-electron chi connectivity index (χ0n) is 11.6. The highest BCUT2D eigenvalue weighted by Crippen LogP contribution is 2.25. The van der Waals surface area contributed by atoms with Crippen LogP contribution >= 0.6 is 15.9 Å². The Bertz CT molecular complexity index is 547. The van der Waals surface area contributed by atoms with Crippen molar-refractivity contribution >= 4 is 27.9 Å². The standard InChI is InChI=1S/C15H17BrN2O2/c1-3-4-7-18-15(19)12(10-17)8-11-9-13(16)5-6-14(11)20-2/h5-6,8-9H,3-4,7H2,1-2H3,(H,18,19)/b12-8+. The van der Waals surface area contributed by atoms with E-state index in [2.05, 4.69) is 21.2 Å². The molecular weight excluding hydrogens is 320 g/mol. The van der Waals surface area contributed by atoms with E-state index in [1.807, 2.05) is 19.1 Å². The van der Waals surface area contributed by atoms with Crippen molar-refractivity contribution in [2.24, 2.45) is 0 Å². The Hall–Kier alpha value is -1.80. The highest BCUT2D eigenvalue weighted by molar-refractivity contribution is 9.10. The van der Waals surface area contributed by atoms with Gasteiger partial charge in [-0.05, 0) is 30.7 Å². The van der Waals surface area contributed by atoms with Crippen LogP contribution in [0.3, 0.4) is 0 Å². The second-order valence-electron chi connectivity index (χ2n) is 4.17. The van der Waals surface area contributed by atoms with Crippen molar-refractivity contribution in [1.29, 1.82) is 5.26 Å². The molecule has 0 fully saturated rings. The molecule has 5 heteroatoms. The molecule has 20 heavy (non-hydrogen) atoms. The van der Waals surface area contributed by atoms with E-state index in [0.717, 1.165) is 17.3 Å². The summed E-state index contributed by atoms with van der Waals surface area (Å²) < 4.78 is 6.07. The van der Waals surface area contributed by atoms with Gasteiger partial charge in [-0.3, -0.25) is 4.79 Å². The van der Waals surface area contributed by atoms with Gasteiger partial charge in [0.2, 0.25) is 0 Å². The average molecular weight is 337 g/mol. The van der Waals surface area contributed by atoms with E-state index in [0.29, 0.717) is 17.9 Å². The predicted octanol–water partition coefficient (Wildman–Crippen LogP) is 3.28. The fourth-order valence-corrected chi connectivity index (χ4v) is 1.97. The number of halogens is 1. The number of benzene rings is 1. The van der Waals surface area contributed by atoms with Gasteiger partial charge in [-0.2, -0.15) is 5.26 Å². The van der Waals surface area contributed by atoms with E-state index in [1.54, 1.807) is 19.2 Å². The largest absolute Gasteiger partial charge is 0.496 e. The number of nitrogens with zero attached hydrogens (tertiary/aromatic N) is 1. The summed E-state index contributed by atoms with van der Waals surface area (Å²) in [6.45, 7) is 2.61. The van der Waals surface area contributed by atoms with Crippen molar-refractivity contribution < 1.29 is 9.53 Å². The number of hydrogen-bond acceptors (Lipinski definition) is 3. The second-order valence-corrected chi connectivity index (χ2v) is 5.08. The Morgan fingerprint density at radius 2 is 2.30 bits per heavy atom. The first-order chi connectivity index (χ1) is 9.62. The summed E-state index contributed by atoms with van der Waals surface area (Å²) in [4.78, 5) is 11.9. The molecule has 106 valence electrons. The molecule has 4 nitrogen and oxygen atoms in total. The van der Waals surface area contributed by atoms with Crippen LogP contribution in [0.1, 0.15) is 25.3 Å². The summed E-state index contributed by atoms with van der Waals surface area (Å²) in [7, 11) is 1.55. The van der Waals surface area contributed by atoms with Gasteiger partial charge in [-0.25, -0.2) is 0 Å². The summed E-state index contributed by atoms with van der Waals surface area (Å²) in [6.07, 6.45) is 3.42. The van der Waals surface area contributed by atoms with Gasteiger partial charge in [-0.1, -0.05) is 29.3 Å². The number of unbranched alkanes of at least 4 members (excludes halogenated alkanes) is 1. The fraction of sp³-hybridized carbons (Fsp3) is 0.333. The molecule has 0 aliphatic heterocycles. The normalized spacial score (nSPS) is 10.8. The molecule has 0 aliphatic rings. The molecule has 1 N–H and O–H groups in total. The van der Waals surface area contributed by atoms with Crippen LogP contribution in [0.25, 0.3) is 6.08 Å². The van der Waals surface area contributed by atoms with E-state index in [9.17, 15) is 4.79 Å². The third-order valence-electron chi connectivity index (χ3n) is 2.67. The lowest BCUT2D eigenvalue weighted by molar-refractivity contribution is -0.117. The maximum Gasteiger partial charge on any atom is 0.261 e. The first-order valence-electron chi connectivity index (χ1n) is 6.36. The molecule has 0 atom stereocenters. The Morgan fingerprint density at radius 1 is 1.55 bits per heavy atom.